The molecule has 0 aliphatic carbocycles. The first-order valence-electron chi connectivity index (χ1n) is 5.95. The molecule has 0 fully saturated rings. The maximum absolute atomic E-state index is 11.9. The fraction of sp³-hybridized carbons (Fsp3) is 0.462. The Hall–Kier alpha value is -1.55. The summed E-state index contributed by atoms with van der Waals surface area (Å²) in [5.74, 6) is 0.887. The van der Waals surface area contributed by atoms with Crippen LogP contribution in [0.1, 0.15) is 25.8 Å². The second-order valence-corrected chi connectivity index (χ2v) is 4.29. The van der Waals surface area contributed by atoms with E-state index < -0.39 is 0 Å². The van der Waals surface area contributed by atoms with Gasteiger partial charge in [-0.05, 0) is 24.6 Å². The van der Waals surface area contributed by atoms with Crippen molar-refractivity contribution in [3.8, 4) is 5.75 Å². The van der Waals surface area contributed by atoms with Crippen molar-refractivity contribution in [2.75, 3.05) is 11.4 Å². The molecule has 1 atom stereocenters. The van der Waals surface area contributed by atoms with Crippen LogP contribution in [0, 0.1) is 0 Å². The third-order valence-electron chi connectivity index (χ3n) is 2.92. The Balaban J connectivity index is 2.42. The highest BCUT2D eigenvalue weighted by molar-refractivity contribution is 5.95. The normalized spacial score (nSPS) is 18.5. The molecule has 0 bridgehead atoms. The van der Waals surface area contributed by atoms with Gasteiger partial charge in [0, 0.05) is 13.0 Å². The first kappa shape index (κ1) is 11.9. The quantitative estimate of drug-likeness (QED) is 0.846. The van der Waals surface area contributed by atoms with Gasteiger partial charge in [0.05, 0.1) is 12.2 Å². The first-order chi connectivity index (χ1) is 8.15. The van der Waals surface area contributed by atoms with Crippen LogP contribution >= 0.6 is 0 Å². The number of hydrogen-bond acceptors (Lipinski definition) is 3. The summed E-state index contributed by atoms with van der Waals surface area (Å²) in [6, 6.07) is 5.77. The highest BCUT2D eigenvalue weighted by Crippen LogP contribution is 2.34. The number of rotatable bonds is 2. The summed E-state index contributed by atoms with van der Waals surface area (Å²) in [7, 11) is 0. The van der Waals surface area contributed by atoms with E-state index in [1.807, 2.05) is 32.0 Å². The summed E-state index contributed by atoms with van der Waals surface area (Å²) < 4.78 is 5.72. The van der Waals surface area contributed by atoms with Gasteiger partial charge in [-0.1, -0.05) is 13.0 Å². The van der Waals surface area contributed by atoms with Gasteiger partial charge >= 0.3 is 0 Å². The molecule has 2 N–H and O–H groups in total. The van der Waals surface area contributed by atoms with Crippen molar-refractivity contribution in [1.29, 1.82) is 0 Å². The molecule has 0 radical (unpaired) electrons. The van der Waals surface area contributed by atoms with Crippen molar-refractivity contribution in [3.05, 3.63) is 23.8 Å². The minimum absolute atomic E-state index is 0.0294. The topological polar surface area (TPSA) is 55.6 Å². The molecule has 2 rings (SSSR count). The molecule has 4 nitrogen and oxygen atoms in total. The van der Waals surface area contributed by atoms with Crippen molar-refractivity contribution in [1.82, 2.24) is 0 Å². The van der Waals surface area contributed by atoms with Crippen molar-refractivity contribution in [2.24, 2.45) is 5.73 Å². The lowest BCUT2D eigenvalue weighted by Crippen LogP contribution is -2.42. The molecule has 1 heterocycles. The molecule has 1 aliphatic rings. The standard InChI is InChI=1S/C13H18N2O2/c1-3-13(16)15-8-9(2)17-12-5-4-10(7-14)6-11(12)15/h4-6,9H,3,7-8,14H2,1-2H3. The summed E-state index contributed by atoms with van der Waals surface area (Å²) >= 11 is 0. The molecule has 17 heavy (non-hydrogen) atoms. The van der Waals surface area contributed by atoms with Crippen LogP contribution in [0.25, 0.3) is 0 Å². The van der Waals surface area contributed by atoms with E-state index in [-0.39, 0.29) is 12.0 Å². The molecule has 1 amide bonds. The summed E-state index contributed by atoms with van der Waals surface area (Å²) in [5.41, 5.74) is 7.48. The van der Waals surface area contributed by atoms with Gasteiger partial charge in [0.1, 0.15) is 11.9 Å². The summed E-state index contributed by atoms with van der Waals surface area (Å²) in [4.78, 5) is 13.7. The monoisotopic (exact) mass is 234 g/mol. The highest BCUT2D eigenvalue weighted by atomic mass is 16.5. The number of benzene rings is 1. The number of carbonyl (C=O) groups is 1. The third-order valence-corrected chi connectivity index (χ3v) is 2.92. The average molecular weight is 234 g/mol. The molecular formula is C13H18N2O2. The van der Waals surface area contributed by atoms with Gasteiger partial charge < -0.3 is 15.4 Å². The largest absolute Gasteiger partial charge is 0.487 e. The van der Waals surface area contributed by atoms with Crippen molar-refractivity contribution >= 4 is 11.6 Å². The van der Waals surface area contributed by atoms with E-state index >= 15 is 0 Å². The van der Waals surface area contributed by atoms with E-state index in [1.54, 1.807) is 4.90 Å². The lowest BCUT2D eigenvalue weighted by atomic mass is 10.1. The fourth-order valence-electron chi connectivity index (χ4n) is 2.04. The molecular weight excluding hydrogens is 216 g/mol. The molecule has 1 aliphatic heterocycles. The van der Waals surface area contributed by atoms with Crippen LogP contribution in [0.3, 0.4) is 0 Å². The van der Waals surface area contributed by atoms with E-state index in [0.29, 0.717) is 19.5 Å². The minimum atomic E-state index is 0.0294. The van der Waals surface area contributed by atoms with Gasteiger partial charge in [0.15, 0.2) is 0 Å². The molecule has 0 spiro atoms. The predicted octanol–water partition coefficient (Wildman–Crippen LogP) is 1.67. The lowest BCUT2D eigenvalue weighted by Gasteiger charge is -2.33. The summed E-state index contributed by atoms with van der Waals surface area (Å²) in [5, 5.41) is 0. The van der Waals surface area contributed by atoms with Gasteiger partial charge in [-0.2, -0.15) is 0 Å². The smallest absolute Gasteiger partial charge is 0.226 e. The van der Waals surface area contributed by atoms with Crippen LogP contribution in [0.5, 0.6) is 5.75 Å². The van der Waals surface area contributed by atoms with E-state index in [4.69, 9.17) is 10.5 Å². The number of hydrogen-bond donors (Lipinski definition) is 1. The number of nitrogens with two attached hydrogens (primary N) is 1. The second kappa shape index (κ2) is 4.75. The first-order valence-corrected chi connectivity index (χ1v) is 5.95. The van der Waals surface area contributed by atoms with E-state index in [2.05, 4.69) is 0 Å². The number of ether oxygens (including phenoxy) is 1. The Bertz CT molecular complexity index is 431. The van der Waals surface area contributed by atoms with Crippen LogP contribution in [-0.4, -0.2) is 18.6 Å². The molecule has 4 heteroatoms. The SMILES string of the molecule is CCC(=O)N1CC(C)Oc2ccc(CN)cc21. The lowest BCUT2D eigenvalue weighted by molar-refractivity contribution is -0.118. The van der Waals surface area contributed by atoms with E-state index in [0.717, 1.165) is 17.0 Å². The number of fused-ring (bicyclic) bond motifs is 1. The number of anilines is 1. The van der Waals surface area contributed by atoms with Crippen molar-refractivity contribution in [3.63, 3.8) is 0 Å². The Morgan fingerprint density at radius 2 is 2.35 bits per heavy atom. The molecule has 0 saturated carbocycles. The fourth-order valence-corrected chi connectivity index (χ4v) is 2.04. The number of carbonyl (C=O) groups excluding carboxylic acids is 1. The Morgan fingerprint density at radius 1 is 1.59 bits per heavy atom. The minimum Gasteiger partial charge on any atom is -0.487 e. The number of nitrogens with zero attached hydrogens (tertiary/aromatic N) is 1. The van der Waals surface area contributed by atoms with Crippen LogP contribution in [0.15, 0.2) is 18.2 Å². The van der Waals surface area contributed by atoms with Gasteiger partial charge in [0.25, 0.3) is 0 Å². The van der Waals surface area contributed by atoms with Gasteiger partial charge in [-0.3, -0.25) is 4.79 Å². The second-order valence-electron chi connectivity index (χ2n) is 4.29. The van der Waals surface area contributed by atoms with Crippen molar-refractivity contribution < 1.29 is 9.53 Å². The molecule has 1 aromatic rings. The van der Waals surface area contributed by atoms with Crippen LogP contribution in [0.4, 0.5) is 5.69 Å². The predicted molar refractivity (Wildman–Crippen MR) is 67.1 cm³/mol. The van der Waals surface area contributed by atoms with Gasteiger partial charge in [-0.25, -0.2) is 0 Å². The maximum atomic E-state index is 11.9. The van der Waals surface area contributed by atoms with Crippen molar-refractivity contribution in [2.45, 2.75) is 32.9 Å². The van der Waals surface area contributed by atoms with Crippen LogP contribution in [-0.2, 0) is 11.3 Å². The zero-order valence-electron chi connectivity index (χ0n) is 10.3. The number of amides is 1. The Labute approximate surface area is 101 Å². The van der Waals surface area contributed by atoms with Gasteiger partial charge in [0.2, 0.25) is 5.91 Å². The zero-order valence-corrected chi connectivity index (χ0v) is 10.3. The molecule has 92 valence electrons. The Morgan fingerprint density at radius 3 is 3.00 bits per heavy atom. The summed E-state index contributed by atoms with van der Waals surface area (Å²) in [6.45, 7) is 4.91. The van der Waals surface area contributed by atoms with E-state index in [9.17, 15) is 4.79 Å². The van der Waals surface area contributed by atoms with Gasteiger partial charge in [-0.15, -0.1) is 0 Å². The Kier molecular flexibility index (Phi) is 3.33. The zero-order chi connectivity index (χ0) is 12.4. The van der Waals surface area contributed by atoms with Crippen LogP contribution in [0.2, 0.25) is 0 Å². The molecule has 0 aromatic heterocycles. The molecule has 1 aromatic carbocycles. The highest BCUT2D eigenvalue weighted by Gasteiger charge is 2.26. The average Bonchev–Trinajstić information content (AvgIpc) is 2.36. The van der Waals surface area contributed by atoms with Crippen LogP contribution < -0.4 is 15.4 Å². The maximum Gasteiger partial charge on any atom is 0.226 e. The molecule has 0 saturated heterocycles. The molecule has 1 unspecified atom stereocenters. The van der Waals surface area contributed by atoms with E-state index in [1.165, 1.54) is 0 Å². The third kappa shape index (κ3) is 2.26. The summed E-state index contributed by atoms with van der Waals surface area (Å²) in [6.07, 6.45) is 0.528.